The summed E-state index contributed by atoms with van der Waals surface area (Å²) in [6, 6.07) is 6.02. The number of aliphatic hydroxyl groups excluding tert-OH is 1. The molecule has 0 bridgehead atoms. The third-order valence-electron chi connectivity index (χ3n) is 4.29. The van der Waals surface area contributed by atoms with Gasteiger partial charge in [0.05, 0.1) is 22.7 Å². The first kappa shape index (κ1) is 18.0. The molecule has 1 aliphatic rings. The Bertz CT molecular complexity index is 496. The van der Waals surface area contributed by atoms with Gasteiger partial charge in [-0.2, -0.15) is 0 Å². The van der Waals surface area contributed by atoms with Gasteiger partial charge in [0.15, 0.2) is 0 Å². The fraction of sp³-hybridized carbons (Fsp3) is 0.647. The Labute approximate surface area is 143 Å². The zero-order chi connectivity index (χ0) is 16.3. The summed E-state index contributed by atoms with van der Waals surface area (Å²) in [5, 5.41) is 11.0. The fourth-order valence-electron chi connectivity index (χ4n) is 3.31. The van der Waals surface area contributed by atoms with Crippen LogP contribution in [0.2, 0.25) is 10.0 Å². The van der Waals surface area contributed by atoms with Crippen molar-refractivity contribution in [1.82, 2.24) is 9.80 Å². The molecule has 3 nitrogen and oxygen atoms in total. The van der Waals surface area contributed by atoms with E-state index in [9.17, 15) is 5.11 Å². The summed E-state index contributed by atoms with van der Waals surface area (Å²) in [6.07, 6.45) is 0. The number of nitrogens with zero attached hydrogens (tertiary/aromatic N) is 2. The fourth-order valence-corrected chi connectivity index (χ4v) is 3.62. The second-order valence-corrected chi connectivity index (χ2v) is 7.43. The molecule has 1 aromatic carbocycles. The maximum atomic E-state index is 9.89. The lowest BCUT2D eigenvalue weighted by Gasteiger charge is -2.44. The Morgan fingerprint density at radius 3 is 2.50 bits per heavy atom. The van der Waals surface area contributed by atoms with E-state index in [2.05, 4.69) is 30.6 Å². The molecule has 22 heavy (non-hydrogen) atoms. The molecule has 1 heterocycles. The maximum Gasteiger partial charge on any atom is 0.0628 e. The van der Waals surface area contributed by atoms with Gasteiger partial charge in [-0.15, -0.1) is 0 Å². The topological polar surface area (TPSA) is 26.7 Å². The van der Waals surface area contributed by atoms with E-state index in [4.69, 9.17) is 23.2 Å². The molecule has 2 rings (SSSR count). The molecule has 1 N–H and O–H groups in total. The molecule has 0 radical (unpaired) electrons. The highest BCUT2D eigenvalue weighted by Crippen LogP contribution is 2.30. The third kappa shape index (κ3) is 4.36. The van der Waals surface area contributed by atoms with E-state index in [0.29, 0.717) is 22.0 Å². The van der Waals surface area contributed by atoms with Gasteiger partial charge in [-0.3, -0.25) is 4.90 Å². The van der Waals surface area contributed by atoms with Crippen LogP contribution in [0.4, 0.5) is 0 Å². The molecule has 1 saturated heterocycles. The molecule has 2 unspecified atom stereocenters. The minimum Gasteiger partial charge on any atom is -0.394 e. The van der Waals surface area contributed by atoms with Crippen LogP contribution in [0.5, 0.6) is 0 Å². The van der Waals surface area contributed by atoms with Crippen LogP contribution in [0.1, 0.15) is 32.4 Å². The third-order valence-corrected chi connectivity index (χ3v) is 5.03. The molecule has 2 atom stereocenters. The minimum absolute atomic E-state index is 0.0223. The van der Waals surface area contributed by atoms with Crippen molar-refractivity contribution in [2.45, 2.75) is 32.9 Å². The van der Waals surface area contributed by atoms with E-state index >= 15 is 0 Å². The molecule has 124 valence electrons. The lowest BCUT2D eigenvalue weighted by Crippen LogP contribution is -2.54. The predicted octanol–water partition coefficient (Wildman–Crippen LogP) is 3.69. The molecule has 1 aliphatic heterocycles. The maximum absolute atomic E-state index is 9.89. The smallest absolute Gasteiger partial charge is 0.0628 e. The van der Waals surface area contributed by atoms with Gasteiger partial charge in [0.2, 0.25) is 0 Å². The SMILES string of the molecule is CC(C)CN1CCN(C(CO)c2ccc(Cl)c(Cl)c2)C(C)C1. The molecule has 1 aromatic rings. The standard InChI is InChI=1S/C17H26Cl2N2O/c1-12(2)9-20-6-7-21(13(3)10-20)17(11-22)14-4-5-15(18)16(19)8-14/h4-5,8,12-13,17,22H,6-7,9-11H2,1-3H3. The van der Waals surface area contributed by atoms with Crippen LogP contribution in [0.3, 0.4) is 0 Å². The summed E-state index contributed by atoms with van der Waals surface area (Å²) in [6.45, 7) is 11.0. The Kier molecular flexibility index (Phi) is 6.54. The number of benzene rings is 1. The number of aliphatic hydroxyl groups is 1. The van der Waals surface area contributed by atoms with E-state index < -0.39 is 0 Å². The predicted molar refractivity (Wildman–Crippen MR) is 93.7 cm³/mol. The van der Waals surface area contributed by atoms with Crippen molar-refractivity contribution in [2.75, 3.05) is 32.8 Å². The minimum atomic E-state index is -0.0223. The summed E-state index contributed by atoms with van der Waals surface area (Å²) in [5.41, 5.74) is 1.03. The van der Waals surface area contributed by atoms with Crippen LogP contribution in [0.15, 0.2) is 18.2 Å². The lowest BCUT2D eigenvalue weighted by molar-refractivity contribution is 0.0215. The summed E-state index contributed by atoms with van der Waals surface area (Å²) in [4.78, 5) is 4.88. The average molecular weight is 345 g/mol. The van der Waals surface area contributed by atoms with Gasteiger partial charge in [0.1, 0.15) is 0 Å². The highest BCUT2D eigenvalue weighted by Gasteiger charge is 2.30. The first-order valence-electron chi connectivity index (χ1n) is 7.96. The van der Waals surface area contributed by atoms with Gasteiger partial charge in [0.25, 0.3) is 0 Å². The van der Waals surface area contributed by atoms with Crippen LogP contribution in [-0.4, -0.2) is 53.7 Å². The second-order valence-electron chi connectivity index (χ2n) is 6.61. The molecule has 0 saturated carbocycles. The van der Waals surface area contributed by atoms with Gasteiger partial charge in [-0.1, -0.05) is 43.1 Å². The zero-order valence-electron chi connectivity index (χ0n) is 13.6. The summed E-state index contributed by atoms with van der Waals surface area (Å²) >= 11 is 12.1. The number of halogens is 2. The van der Waals surface area contributed by atoms with E-state index in [1.54, 1.807) is 0 Å². The van der Waals surface area contributed by atoms with E-state index in [1.165, 1.54) is 0 Å². The summed E-state index contributed by atoms with van der Waals surface area (Å²) < 4.78 is 0. The van der Waals surface area contributed by atoms with Crippen LogP contribution in [-0.2, 0) is 0 Å². The lowest BCUT2D eigenvalue weighted by atomic mass is 10.0. The quantitative estimate of drug-likeness (QED) is 0.882. The van der Waals surface area contributed by atoms with Gasteiger partial charge in [0, 0.05) is 32.2 Å². The van der Waals surface area contributed by atoms with E-state index in [0.717, 1.165) is 31.7 Å². The molecule has 1 fully saturated rings. The van der Waals surface area contributed by atoms with Gasteiger partial charge in [-0.05, 0) is 30.5 Å². The van der Waals surface area contributed by atoms with Crippen LogP contribution >= 0.6 is 23.2 Å². The van der Waals surface area contributed by atoms with Crippen molar-refractivity contribution in [2.24, 2.45) is 5.92 Å². The first-order chi connectivity index (χ1) is 10.4. The van der Waals surface area contributed by atoms with Gasteiger partial charge in [-0.25, -0.2) is 0 Å². The first-order valence-corrected chi connectivity index (χ1v) is 8.71. The number of hydrogen-bond acceptors (Lipinski definition) is 3. The monoisotopic (exact) mass is 344 g/mol. The summed E-state index contributed by atoms with van der Waals surface area (Å²) in [7, 11) is 0. The van der Waals surface area contributed by atoms with Crippen LogP contribution < -0.4 is 0 Å². The molecule has 0 aliphatic carbocycles. The van der Waals surface area contributed by atoms with Crippen molar-refractivity contribution in [3.05, 3.63) is 33.8 Å². The van der Waals surface area contributed by atoms with Crippen molar-refractivity contribution < 1.29 is 5.11 Å². The Morgan fingerprint density at radius 1 is 1.23 bits per heavy atom. The zero-order valence-corrected chi connectivity index (χ0v) is 15.1. The Balaban J connectivity index is 2.09. The van der Waals surface area contributed by atoms with Crippen molar-refractivity contribution >= 4 is 23.2 Å². The normalized spacial score (nSPS) is 22.2. The molecule has 0 spiro atoms. The van der Waals surface area contributed by atoms with Gasteiger partial charge >= 0.3 is 0 Å². The number of piperazine rings is 1. The average Bonchev–Trinajstić information content (AvgIpc) is 2.45. The largest absolute Gasteiger partial charge is 0.394 e. The van der Waals surface area contributed by atoms with Crippen LogP contribution in [0.25, 0.3) is 0 Å². The Hall–Kier alpha value is -0.320. The van der Waals surface area contributed by atoms with Crippen molar-refractivity contribution in [3.63, 3.8) is 0 Å². The van der Waals surface area contributed by atoms with Crippen molar-refractivity contribution in [1.29, 1.82) is 0 Å². The summed E-state index contributed by atoms with van der Waals surface area (Å²) in [5.74, 6) is 0.683. The Morgan fingerprint density at radius 2 is 1.95 bits per heavy atom. The van der Waals surface area contributed by atoms with E-state index in [1.807, 2.05) is 18.2 Å². The molecule has 5 heteroatoms. The van der Waals surface area contributed by atoms with Crippen molar-refractivity contribution in [3.8, 4) is 0 Å². The second kappa shape index (κ2) is 7.98. The van der Waals surface area contributed by atoms with Crippen LogP contribution in [0, 0.1) is 5.92 Å². The highest BCUT2D eigenvalue weighted by molar-refractivity contribution is 6.42. The van der Waals surface area contributed by atoms with E-state index in [-0.39, 0.29) is 12.6 Å². The molecular weight excluding hydrogens is 319 g/mol. The number of rotatable bonds is 5. The molecular formula is C17H26Cl2N2O. The van der Waals surface area contributed by atoms with Gasteiger partial charge < -0.3 is 10.0 Å². The molecule has 0 aromatic heterocycles. The highest BCUT2D eigenvalue weighted by atomic mass is 35.5. The molecule has 0 amide bonds. The number of hydrogen-bond donors (Lipinski definition) is 1.